The SMILES string of the molecule is CCNCc1cc(C)nc(N(C)C2CCCC2)n1. The van der Waals surface area contributed by atoms with Gasteiger partial charge in [-0.25, -0.2) is 9.97 Å². The van der Waals surface area contributed by atoms with Gasteiger partial charge in [0, 0.05) is 25.3 Å². The van der Waals surface area contributed by atoms with E-state index in [2.05, 4.69) is 40.2 Å². The first-order valence-corrected chi connectivity index (χ1v) is 6.99. The fraction of sp³-hybridized carbons (Fsp3) is 0.714. The molecular formula is C14H24N4. The van der Waals surface area contributed by atoms with Crippen LogP contribution in [0.1, 0.15) is 44.0 Å². The summed E-state index contributed by atoms with van der Waals surface area (Å²) < 4.78 is 0. The Morgan fingerprint density at radius 3 is 2.72 bits per heavy atom. The van der Waals surface area contributed by atoms with Gasteiger partial charge in [-0.15, -0.1) is 0 Å². The van der Waals surface area contributed by atoms with E-state index >= 15 is 0 Å². The van der Waals surface area contributed by atoms with Gasteiger partial charge in [-0.3, -0.25) is 0 Å². The van der Waals surface area contributed by atoms with Crippen molar-refractivity contribution in [1.82, 2.24) is 15.3 Å². The summed E-state index contributed by atoms with van der Waals surface area (Å²) in [5, 5.41) is 3.32. The van der Waals surface area contributed by atoms with Crippen molar-refractivity contribution in [3.8, 4) is 0 Å². The number of hydrogen-bond donors (Lipinski definition) is 1. The minimum absolute atomic E-state index is 0.624. The monoisotopic (exact) mass is 248 g/mol. The second-order valence-electron chi connectivity index (χ2n) is 5.13. The molecule has 0 saturated heterocycles. The van der Waals surface area contributed by atoms with Crippen LogP contribution in [-0.4, -0.2) is 29.6 Å². The summed E-state index contributed by atoms with van der Waals surface area (Å²) in [6, 6.07) is 2.69. The third kappa shape index (κ3) is 3.19. The van der Waals surface area contributed by atoms with Crippen molar-refractivity contribution in [2.75, 3.05) is 18.5 Å². The van der Waals surface area contributed by atoms with Crippen molar-refractivity contribution in [3.05, 3.63) is 17.5 Å². The summed E-state index contributed by atoms with van der Waals surface area (Å²) >= 11 is 0. The van der Waals surface area contributed by atoms with Crippen LogP contribution in [0.3, 0.4) is 0 Å². The fourth-order valence-electron chi connectivity index (χ4n) is 2.57. The summed E-state index contributed by atoms with van der Waals surface area (Å²) in [4.78, 5) is 11.5. The van der Waals surface area contributed by atoms with E-state index in [-0.39, 0.29) is 0 Å². The van der Waals surface area contributed by atoms with E-state index < -0.39 is 0 Å². The first-order valence-electron chi connectivity index (χ1n) is 6.99. The van der Waals surface area contributed by atoms with E-state index in [1.807, 2.05) is 6.92 Å². The number of aryl methyl sites for hydroxylation is 1. The predicted molar refractivity (Wildman–Crippen MR) is 74.8 cm³/mol. The molecule has 1 aromatic rings. The summed E-state index contributed by atoms with van der Waals surface area (Å²) in [5.74, 6) is 0.884. The smallest absolute Gasteiger partial charge is 0.225 e. The molecular weight excluding hydrogens is 224 g/mol. The molecule has 0 atom stereocenters. The average molecular weight is 248 g/mol. The van der Waals surface area contributed by atoms with Crippen molar-refractivity contribution in [1.29, 1.82) is 0 Å². The zero-order valence-corrected chi connectivity index (χ0v) is 11.7. The Morgan fingerprint density at radius 1 is 1.33 bits per heavy atom. The quantitative estimate of drug-likeness (QED) is 0.868. The lowest BCUT2D eigenvalue weighted by molar-refractivity contribution is 0.631. The van der Waals surface area contributed by atoms with E-state index in [4.69, 9.17) is 0 Å². The van der Waals surface area contributed by atoms with Gasteiger partial charge < -0.3 is 10.2 Å². The van der Waals surface area contributed by atoms with Gasteiger partial charge in [0.05, 0.1) is 5.69 Å². The van der Waals surface area contributed by atoms with Crippen LogP contribution < -0.4 is 10.2 Å². The Bertz CT molecular complexity index is 385. The van der Waals surface area contributed by atoms with Crippen molar-refractivity contribution in [3.63, 3.8) is 0 Å². The number of nitrogens with one attached hydrogen (secondary N) is 1. The van der Waals surface area contributed by atoms with Crippen LogP contribution in [0.15, 0.2) is 6.07 Å². The minimum Gasteiger partial charge on any atom is -0.341 e. The highest BCUT2D eigenvalue weighted by molar-refractivity contribution is 5.33. The third-order valence-electron chi connectivity index (χ3n) is 3.64. The van der Waals surface area contributed by atoms with Gasteiger partial charge >= 0.3 is 0 Å². The average Bonchev–Trinajstić information content (AvgIpc) is 2.88. The van der Waals surface area contributed by atoms with Gasteiger partial charge in [-0.2, -0.15) is 0 Å². The van der Waals surface area contributed by atoms with Crippen LogP contribution >= 0.6 is 0 Å². The first-order chi connectivity index (χ1) is 8.70. The highest BCUT2D eigenvalue weighted by Crippen LogP contribution is 2.25. The van der Waals surface area contributed by atoms with Crippen molar-refractivity contribution >= 4 is 5.95 Å². The lowest BCUT2D eigenvalue weighted by atomic mass is 10.2. The molecule has 2 rings (SSSR count). The number of aromatic nitrogens is 2. The van der Waals surface area contributed by atoms with E-state index in [0.29, 0.717) is 6.04 Å². The highest BCUT2D eigenvalue weighted by Gasteiger charge is 2.21. The zero-order valence-electron chi connectivity index (χ0n) is 11.7. The van der Waals surface area contributed by atoms with Crippen LogP contribution in [0.25, 0.3) is 0 Å². The third-order valence-corrected chi connectivity index (χ3v) is 3.64. The van der Waals surface area contributed by atoms with E-state index in [0.717, 1.165) is 30.4 Å². The molecule has 1 N–H and O–H groups in total. The Balaban J connectivity index is 2.13. The molecule has 0 spiro atoms. The summed E-state index contributed by atoms with van der Waals surface area (Å²) in [7, 11) is 2.13. The Kier molecular flexibility index (Phi) is 4.53. The molecule has 1 saturated carbocycles. The van der Waals surface area contributed by atoms with Gasteiger partial charge in [-0.05, 0) is 32.4 Å². The standard InChI is InChI=1S/C14H24N4/c1-4-15-10-12-9-11(2)16-14(17-12)18(3)13-7-5-6-8-13/h9,13,15H,4-8,10H2,1-3H3. The Morgan fingerprint density at radius 2 is 2.06 bits per heavy atom. The topological polar surface area (TPSA) is 41.1 Å². The lowest BCUT2D eigenvalue weighted by Crippen LogP contribution is -2.31. The summed E-state index contributed by atoms with van der Waals surface area (Å²) in [6.45, 7) is 5.95. The van der Waals surface area contributed by atoms with Crippen LogP contribution in [0, 0.1) is 6.92 Å². The number of anilines is 1. The number of hydrogen-bond acceptors (Lipinski definition) is 4. The molecule has 0 radical (unpaired) electrons. The maximum absolute atomic E-state index is 4.67. The molecule has 0 bridgehead atoms. The lowest BCUT2D eigenvalue weighted by Gasteiger charge is -2.24. The minimum atomic E-state index is 0.624. The van der Waals surface area contributed by atoms with Crippen molar-refractivity contribution < 1.29 is 0 Å². The van der Waals surface area contributed by atoms with Crippen LogP contribution in [0.2, 0.25) is 0 Å². The Hall–Kier alpha value is -1.16. The van der Waals surface area contributed by atoms with Crippen molar-refractivity contribution in [2.45, 2.75) is 52.1 Å². The normalized spacial score (nSPS) is 16.2. The molecule has 1 aliphatic carbocycles. The molecule has 1 fully saturated rings. The summed E-state index contributed by atoms with van der Waals surface area (Å²) in [5.41, 5.74) is 2.14. The molecule has 0 unspecified atom stereocenters. The maximum atomic E-state index is 4.67. The largest absolute Gasteiger partial charge is 0.341 e. The van der Waals surface area contributed by atoms with Gasteiger partial charge in [0.1, 0.15) is 0 Å². The zero-order chi connectivity index (χ0) is 13.0. The highest BCUT2D eigenvalue weighted by atomic mass is 15.3. The van der Waals surface area contributed by atoms with Gasteiger partial charge in [0.2, 0.25) is 5.95 Å². The summed E-state index contributed by atoms with van der Waals surface area (Å²) in [6.07, 6.45) is 5.23. The molecule has 0 amide bonds. The first kappa shape index (κ1) is 13.3. The molecule has 1 aliphatic rings. The molecule has 1 heterocycles. The number of rotatable bonds is 5. The van der Waals surface area contributed by atoms with Crippen LogP contribution in [-0.2, 0) is 6.54 Å². The number of nitrogens with zero attached hydrogens (tertiary/aromatic N) is 3. The molecule has 4 nitrogen and oxygen atoms in total. The second-order valence-corrected chi connectivity index (χ2v) is 5.13. The van der Waals surface area contributed by atoms with E-state index in [9.17, 15) is 0 Å². The second kappa shape index (κ2) is 6.14. The van der Waals surface area contributed by atoms with Gasteiger partial charge in [0.15, 0.2) is 0 Å². The molecule has 4 heteroatoms. The van der Waals surface area contributed by atoms with Crippen LogP contribution in [0.4, 0.5) is 5.95 Å². The molecule has 1 aromatic heterocycles. The molecule has 0 aliphatic heterocycles. The maximum Gasteiger partial charge on any atom is 0.225 e. The van der Waals surface area contributed by atoms with Gasteiger partial charge in [0.25, 0.3) is 0 Å². The molecule has 0 aromatic carbocycles. The molecule has 100 valence electrons. The van der Waals surface area contributed by atoms with Crippen LogP contribution in [0.5, 0.6) is 0 Å². The fourth-order valence-corrected chi connectivity index (χ4v) is 2.57. The Labute approximate surface area is 110 Å². The predicted octanol–water partition coefficient (Wildman–Crippen LogP) is 2.27. The van der Waals surface area contributed by atoms with Gasteiger partial charge in [-0.1, -0.05) is 19.8 Å². The van der Waals surface area contributed by atoms with E-state index in [1.165, 1.54) is 25.7 Å². The van der Waals surface area contributed by atoms with Crippen molar-refractivity contribution in [2.24, 2.45) is 0 Å². The van der Waals surface area contributed by atoms with E-state index in [1.54, 1.807) is 0 Å². The molecule has 18 heavy (non-hydrogen) atoms.